The van der Waals surface area contributed by atoms with Crippen molar-refractivity contribution in [1.29, 1.82) is 0 Å². The van der Waals surface area contributed by atoms with Gasteiger partial charge in [-0.05, 0) is 40.0 Å². The number of hydrogen-bond acceptors (Lipinski definition) is 4. The van der Waals surface area contributed by atoms with Crippen molar-refractivity contribution in [3.8, 4) is 0 Å². The number of rotatable bonds is 5. The van der Waals surface area contributed by atoms with Gasteiger partial charge in [-0.1, -0.05) is 15.9 Å². The van der Waals surface area contributed by atoms with Crippen molar-refractivity contribution in [3.05, 3.63) is 0 Å². The topological polar surface area (TPSA) is 84.5 Å². The number of Topliss-reactive ketones (excluding diaryl/α,β-unsaturated/α-hetero) is 1. The summed E-state index contributed by atoms with van der Waals surface area (Å²) in [5.41, 5.74) is -0.631. The molecule has 0 aromatic carbocycles. The number of carbonyl (C=O) groups is 3. The van der Waals surface area contributed by atoms with E-state index in [0.717, 1.165) is 12.8 Å². The highest BCUT2D eigenvalue weighted by Crippen LogP contribution is 2.18. The summed E-state index contributed by atoms with van der Waals surface area (Å²) >= 11 is 3.10. The van der Waals surface area contributed by atoms with Gasteiger partial charge < -0.3 is 15.4 Å². The maximum atomic E-state index is 11.9. The van der Waals surface area contributed by atoms with Crippen molar-refractivity contribution in [3.63, 3.8) is 0 Å². The van der Waals surface area contributed by atoms with Crippen molar-refractivity contribution in [2.45, 2.75) is 51.7 Å². The number of alkyl carbamates (subject to hydrolysis) is 1. The Balaban J connectivity index is 2.65. The van der Waals surface area contributed by atoms with Gasteiger partial charge in [-0.2, -0.15) is 0 Å². The third-order valence-electron chi connectivity index (χ3n) is 3.13. The Labute approximate surface area is 133 Å². The predicted molar refractivity (Wildman–Crippen MR) is 82.3 cm³/mol. The van der Waals surface area contributed by atoms with Gasteiger partial charge >= 0.3 is 6.09 Å². The Morgan fingerprint density at radius 3 is 2.67 bits per heavy atom. The van der Waals surface area contributed by atoms with Crippen LogP contribution in [0.1, 0.15) is 40.0 Å². The molecule has 0 saturated carbocycles. The average molecular weight is 363 g/mol. The second kappa shape index (κ2) is 7.77. The van der Waals surface area contributed by atoms with E-state index in [9.17, 15) is 14.4 Å². The molecule has 21 heavy (non-hydrogen) atoms. The van der Waals surface area contributed by atoms with Crippen LogP contribution in [-0.4, -0.2) is 41.3 Å². The molecule has 0 aliphatic carbocycles. The maximum absolute atomic E-state index is 11.9. The fourth-order valence-electron chi connectivity index (χ4n) is 2.16. The van der Waals surface area contributed by atoms with Gasteiger partial charge in [-0.25, -0.2) is 4.79 Å². The normalized spacial score (nSPS) is 20.4. The highest BCUT2D eigenvalue weighted by atomic mass is 79.9. The van der Waals surface area contributed by atoms with Crippen LogP contribution in [-0.2, 0) is 14.3 Å². The molecule has 0 aromatic heterocycles. The van der Waals surface area contributed by atoms with E-state index in [4.69, 9.17) is 4.74 Å². The Hall–Kier alpha value is -1.11. The van der Waals surface area contributed by atoms with Crippen LogP contribution in [0.25, 0.3) is 0 Å². The van der Waals surface area contributed by atoms with Crippen LogP contribution in [0.15, 0.2) is 0 Å². The average Bonchev–Trinajstić information content (AvgIpc) is 2.37. The smallest absolute Gasteiger partial charge is 0.408 e. The Bertz CT molecular complexity index is 406. The van der Waals surface area contributed by atoms with Crippen LogP contribution in [0.2, 0.25) is 0 Å². The fraction of sp³-hybridized carbons (Fsp3) is 0.786. The number of piperidine rings is 1. The Morgan fingerprint density at radius 1 is 1.48 bits per heavy atom. The monoisotopic (exact) mass is 362 g/mol. The first-order valence-corrected chi connectivity index (χ1v) is 8.21. The lowest BCUT2D eigenvalue weighted by Crippen LogP contribution is -2.47. The molecule has 1 heterocycles. The molecule has 6 nitrogen and oxygen atoms in total. The van der Waals surface area contributed by atoms with E-state index in [2.05, 4.69) is 26.6 Å². The standard InChI is InChI=1S/C14H23BrN2O4/c1-14(2,3)21-13(20)17-10(11(18)8-15)7-9-5-4-6-16-12(9)19/h9-10H,4-8H2,1-3H3,(H,16,19)(H,17,20)/t9-,10-/m0/s1. The number of alkyl halides is 1. The quantitative estimate of drug-likeness (QED) is 0.729. The highest BCUT2D eigenvalue weighted by molar-refractivity contribution is 9.09. The molecular weight excluding hydrogens is 340 g/mol. The number of carbonyl (C=O) groups excluding carboxylic acids is 3. The van der Waals surface area contributed by atoms with Gasteiger partial charge in [0.05, 0.1) is 11.4 Å². The number of hydrogen-bond donors (Lipinski definition) is 2. The highest BCUT2D eigenvalue weighted by Gasteiger charge is 2.30. The zero-order valence-corrected chi connectivity index (χ0v) is 14.3. The van der Waals surface area contributed by atoms with E-state index in [1.807, 2.05) is 0 Å². The molecule has 1 fully saturated rings. The summed E-state index contributed by atoms with van der Waals surface area (Å²) in [6.45, 7) is 5.93. The zero-order valence-electron chi connectivity index (χ0n) is 12.7. The number of amides is 2. The van der Waals surface area contributed by atoms with Gasteiger partial charge in [-0.3, -0.25) is 9.59 Å². The molecule has 2 N–H and O–H groups in total. The van der Waals surface area contributed by atoms with Gasteiger partial charge in [0.1, 0.15) is 5.60 Å². The predicted octanol–water partition coefficient (Wildman–Crippen LogP) is 1.76. The van der Waals surface area contributed by atoms with Crippen LogP contribution in [0.4, 0.5) is 4.79 Å². The first-order valence-electron chi connectivity index (χ1n) is 7.09. The summed E-state index contributed by atoms with van der Waals surface area (Å²) in [5.74, 6) is -0.472. The lowest BCUT2D eigenvalue weighted by Gasteiger charge is -2.27. The molecule has 1 aliphatic rings. The molecule has 2 atom stereocenters. The van der Waals surface area contributed by atoms with E-state index < -0.39 is 17.7 Å². The van der Waals surface area contributed by atoms with E-state index in [1.54, 1.807) is 20.8 Å². The van der Waals surface area contributed by atoms with Gasteiger partial charge in [0.25, 0.3) is 0 Å². The van der Waals surface area contributed by atoms with Crippen molar-refractivity contribution >= 4 is 33.7 Å². The van der Waals surface area contributed by atoms with Gasteiger partial charge in [0.2, 0.25) is 5.91 Å². The summed E-state index contributed by atoms with van der Waals surface area (Å²) in [5, 5.41) is 5.48. The summed E-state index contributed by atoms with van der Waals surface area (Å²) in [6.07, 6.45) is 1.28. The number of halogens is 1. The molecule has 1 rings (SSSR count). The molecule has 1 aliphatic heterocycles. The molecular formula is C14H23BrN2O4. The maximum Gasteiger partial charge on any atom is 0.408 e. The van der Waals surface area contributed by atoms with Crippen molar-refractivity contribution in [1.82, 2.24) is 10.6 Å². The second-order valence-electron chi connectivity index (χ2n) is 6.16. The van der Waals surface area contributed by atoms with Crippen LogP contribution < -0.4 is 10.6 Å². The molecule has 120 valence electrons. The molecule has 0 unspecified atom stereocenters. The van der Waals surface area contributed by atoms with Crippen molar-refractivity contribution in [2.24, 2.45) is 5.92 Å². The molecule has 7 heteroatoms. The SMILES string of the molecule is CC(C)(C)OC(=O)N[C@@H](C[C@@H]1CCCNC1=O)C(=O)CBr. The Kier molecular flexibility index (Phi) is 6.64. The van der Waals surface area contributed by atoms with E-state index in [-0.39, 0.29) is 22.9 Å². The molecule has 2 amide bonds. The summed E-state index contributed by atoms with van der Waals surface area (Å²) in [7, 11) is 0. The first kappa shape index (κ1) is 17.9. The molecule has 0 aromatic rings. The lowest BCUT2D eigenvalue weighted by atomic mass is 9.90. The van der Waals surface area contributed by atoms with Crippen molar-refractivity contribution < 1.29 is 19.1 Å². The van der Waals surface area contributed by atoms with Crippen LogP contribution in [0.5, 0.6) is 0 Å². The minimum absolute atomic E-state index is 0.0559. The van der Waals surface area contributed by atoms with Crippen LogP contribution >= 0.6 is 15.9 Å². The van der Waals surface area contributed by atoms with Gasteiger partial charge in [-0.15, -0.1) is 0 Å². The Morgan fingerprint density at radius 2 is 2.14 bits per heavy atom. The largest absolute Gasteiger partial charge is 0.444 e. The molecule has 0 bridgehead atoms. The van der Waals surface area contributed by atoms with Crippen LogP contribution in [0.3, 0.4) is 0 Å². The summed E-state index contributed by atoms with van der Waals surface area (Å²) in [4.78, 5) is 35.5. The second-order valence-corrected chi connectivity index (χ2v) is 6.73. The van der Waals surface area contributed by atoms with Crippen molar-refractivity contribution in [2.75, 3.05) is 11.9 Å². The number of ketones is 1. The number of nitrogens with one attached hydrogen (secondary N) is 2. The molecule has 1 saturated heterocycles. The van der Waals surface area contributed by atoms with Crippen LogP contribution in [0, 0.1) is 5.92 Å². The molecule has 0 radical (unpaired) electrons. The number of ether oxygens (including phenoxy) is 1. The lowest BCUT2D eigenvalue weighted by molar-refractivity contribution is -0.127. The molecule has 0 spiro atoms. The summed E-state index contributed by atoms with van der Waals surface area (Å²) < 4.78 is 5.16. The third kappa shape index (κ3) is 6.46. The van der Waals surface area contributed by atoms with Gasteiger partial charge in [0, 0.05) is 12.5 Å². The van der Waals surface area contributed by atoms with E-state index >= 15 is 0 Å². The third-order valence-corrected chi connectivity index (χ3v) is 3.68. The van der Waals surface area contributed by atoms with Gasteiger partial charge in [0.15, 0.2) is 5.78 Å². The van der Waals surface area contributed by atoms with E-state index in [0.29, 0.717) is 13.0 Å². The van der Waals surface area contributed by atoms with E-state index in [1.165, 1.54) is 0 Å². The summed E-state index contributed by atoms with van der Waals surface area (Å²) in [6, 6.07) is -0.715. The first-order chi connectivity index (χ1) is 9.73. The fourth-order valence-corrected chi connectivity index (χ4v) is 2.55. The zero-order chi connectivity index (χ0) is 16.0. The minimum Gasteiger partial charge on any atom is -0.444 e. The minimum atomic E-state index is -0.715.